The lowest BCUT2D eigenvalue weighted by molar-refractivity contribution is 1.46. The highest BCUT2D eigenvalue weighted by atomic mass is 127. The first-order valence-corrected chi connectivity index (χ1v) is 25.5. The minimum Gasteiger partial charge on any atom is -0.133 e. The fraction of sp³-hybridized carbons (Fsp3) is 0. The van der Waals surface area contributed by atoms with Crippen LogP contribution in [0.25, 0.3) is 0 Å². The van der Waals surface area contributed by atoms with Crippen molar-refractivity contribution >= 4 is 177 Å². The van der Waals surface area contributed by atoms with Crippen LogP contribution >= 0.6 is 158 Å². The molecule has 144 valence electrons. The van der Waals surface area contributed by atoms with E-state index in [0.717, 1.165) is 18.5 Å². The van der Waals surface area contributed by atoms with Crippen LogP contribution in [0.2, 0.25) is 0 Å². The third kappa shape index (κ3) is 4.18. The maximum Gasteiger partial charge on any atom is 0.0747 e. The molecule has 0 aromatic carbocycles. The molecule has 0 N–H and O–H groups in total. The van der Waals surface area contributed by atoms with Gasteiger partial charge in [-0.25, -0.2) is 0 Å². The van der Waals surface area contributed by atoms with Crippen molar-refractivity contribution in [1.82, 2.24) is 0 Å². The third-order valence-corrected chi connectivity index (χ3v) is 21.8. The Morgan fingerprint density at radius 1 is 0.500 bits per heavy atom. The van der Waals surface area contributed by atoms with Gasteiger partial charge in [0.25, 0.3) is 0 Å². The van der Waals surface area contributed by atoms with Crippen LogP contribution in [0.5, 0.6) is 0 Å². The van der Waals surface area contributed by atoms with E-state index in [1.54, 1.807) is 45.3 Å². The molecule has 1 aliphatic carbocycles. The third-order valence-electron chi connectivity index (χ3n) is 4.20. The summed E-state index contributed by atoms with van der Waals surface area (Å²) in [5.41, 5.74) is 0. The Morgan fingerprint density at radius 3 is 0.893 bits per heavy atom. The Labute approximate surface area is 241 Å². The fourth-order valence-electron chi connectivity index (χ4n) is 3.15. The monoisotopic (exact) mass is 963 g/mol. The molecule has 0 nitrogen and oxygen atoms in total. The van der Waals surface area contributed by atoms with Crippen LogP contribution in [-0.4, -0.2) is 5.11 Å². The van der Waals surface area contributed by atoms with Crippen molar-refractivity contribution < 1.29 is 0 Å². The highest BCUT2D eigenvalue weighted by molar-refractivity contribution is 14.2. The maximum atomic E-state index is 8.39. The lowest BCUT2D eigenvalue weighted by atomic mass is 10.2. The molecule has 4 unspecified atom stereocenters. The maximum absolute atomic E-state index is 8.39. The van der Waals surface area contributed by atoms with E-state index >= 15 is 0 Å². The molecule has 5 rings (SSSR count). The van der Waals surface area contributed by atoms with E-state index < -0.39 is 24.7 Å². The molecule has 0 radical (unpaired) electrons. The SMILES string of the molecule is [2H]P(I)c1cc2c(s1)=c1sc(P([2H])I)cc1=c1cc(P([2H])I)sc1=c1sc(P([2H])I)cc1=2. The van der Waals surface area contributed by atoms with Crippen LogP contribution in [0.1, 0.15) is 0 Å². The van der Waals surface area contributed by atoms with E-state index in [9.17, 15) is 0 Å². The smallest absolute Gasteiger partial charge is 0.0747 e. The molecule has 4 aromatic rings. The van der Waals surface area contributed by atoms with Gasteiger partial charge in [0.1, 0.15) is 0 Å². The van der Waals surface area contributed by atoms with E-state index in [1.165, 1.54) is 39.0 Å². The van der Waals surface area contributed by atoms with Crippen LogP contribution in [0.4, 0.5) is 0 Å². The standard InChI is InChI=1S/C16H8I4P4S4/c17-21-9-1-5-6-2-10(22-18)26-14(6)16-8(4-12(24-20)28-16)7-3-11(23-19)27-15(7)13(5)25-9/h1-4,21-24H/i21D,22D,23D,24D. The molecule has 0 saturated heterocycles. The minimum atomic E-state index is -0.986. The Morgan fingerprint density at radius 2 is 0.714 bits per heavy atom. The van der Waals surface area contributed by atoms with Crippen LogP contribution < -0.4 is 18.5 Å². The van der Waals surface area contributed by atoms with Crippen molar-refractivity contribution in [3.8, 4) is 0 Å². The first kappa shape index (κ1) is 18.7. The molecule has 12 heteroatoms. The molecule has 28 heavy (non-hydrogen) atoms. The van der Waals surface area contributed by atoms with Crippen molar-refractivity contribution in [3.63, 3.8) is 0 Å². The summed E-state index contributed by atoms with van der Waals surface area (Å²) in [5.74, 6) is 0. The summed E-state index contributed by atoms with van der Waals surface area (Å²) >= 11 is 15.8. The number of hydrogen-bond acceptors (Lipinski definition) is 4. The van der Waals surface area contributed by atoms with Gasteiger partial charge < -0.3 is 0 Å². The zero-order valence-electron chi connectivity index (χ0n) is 17.2. The molecular weight excluding hydrogens is 952 g/mol. The predicted octanol–water partition coefficient (Wildman–Crippen LogP) is 8.01. The van der Waals surface area contributed by atoms with Crippen LogP contribution in [0, 0.1) is 39.0 Å². The van der Waals surface area contributed by atoms with Crippen molar-refractivity contribution in [2.45, 2.75) is 0 Å². The van der Waals surface area contributed by atoms with Gasteiger partial charge in [-0.15, -0.1) is 45.3 Å². The Kier molecular flexibility index (Phi) is 6.67. The molecule has 1 aliphatic rings. The van der Waals surface area contributed by atoms with E-state index in [-0.39, 0.29) is 0 Å². The molecule has 0 aliphatic heterocycles. The Hall–Kier alpha value is 3.44. The summed E-state index contributed by atoms with van der Waals surface area (Å²) in [6.45, 7) is 0. The lowest BCUT2D eigenvalue weighted by Gasteiger charge is -1.87. The Balaban J connectivity index is 2.23. The second-order valence-electron chi connectivity index (χ2n) is 5.65. The van der Waals surface area contributed by atoms with E-state index in [2.05, 4.69) is 112 Å². The van der Waals surface area contributed by atoms with Crippen LogP contribution in [0.3, 0.4) is 0 Å². The number of thiophene rings is 4. The van der Waals surface area contributed by atoms with Crippen LogP contribution in [-0.2, 0) is 0 Å². The van der Waals surface area contributed by atoms with Gasteiger partial charge in [0.15, 0.2) is 0 Å². The normalized spacial score (nSPS) is 18.7. The summed E-state index contributed by atoms with van der Waals surface area (Å²) in [6.07, 6.45) is -3.94. The van der Waals surface area contributed by atoms with Gasteiger partial charge in [-0.1, -0.05) is 88.2 Å². The van der Waals surface area contributed by atoms with E-state index in [1.807, 2.05) is 0 Å². The molecule has 0 spiro atoms. The molecule has 0 amide bonds. The fourth-order valence-corrected chi connectivity index (χ4v) is 14.7. The second kappa shape index (κ2) is 9.97. The molecule has 0 bridgehead atoms. The molecule has 4 heterocycles. The van der Waals surface area contributed by atoms with Gasteiger partial charge in [-0.05, 0) is 48.9 Å². The molecular formula is C16H8I4P4S4. The van der Waals surface area contributed by atoms with Crippen molar-refractivity contribution in [2.24, 2.45) is 0 Å². The summed E-state index contributed by atoms with van der Waals surface area (Å²) in [5, 5.41) is 4.70. The van der Waals surface area contributed by atoms with E-state index in [4.69, 9.17) is 5.11 Å². The molecule has 4 atom stereocenters. The van der Waals surface area contributed by atoms with Gasteiger partial charge in [-0.3, -0.25) is 0 Å². The number of fused-ring (bicyclic) bond motifs is 4. The van der Waals surface area contributed by atoms with Crippen LogP contribution in [0.15, 0.2) is 24.3 Å². The van der Waals surface area contributed by atoms with E-state index in [0.29, 0.717) is 0 Å². The summed E-state index contributed by atoms with van der Waals surface area (Å²) in [6, 6.07) is 8.80. The average Bonchev–Trinajstić information content (AvgIpc) is 3.47. The number of halogens is 4. The van der Waals surface area contributed by atoms with Crippen molar-refractivity contribution in [3.05, 3.63) is 63.3 Å². The van der Waals surface area contributed by atoms with Crippen molar-refractivity contribution in [2.75, 3.05) is 0 Å². The number of hydrogen-bond donors (Lipinski definition) is 0. The quantitative estimate of drug-likeness (QED) is 0.127. The highest BCUT2D eigenvalue weighted by Crippen LogP contribution is 2.32. The molecule has 0 fully saturated rings. The van der Waals surface area contributed by atoms with Gasteiger partial charge in [0.05, 0.1) is 23.2 Å². The predicted molar refractivity (Wildman–Crippen MR) is 176 cm³/mol. The van der Waals surface area contributed by atoms with Gasteiger partial charge in [0, 0.05) is 39.3 Å². The topological polar surface area (TPSA) is 0 Å². The lowest BCUT2D eigenvalue weighted by Crippen LogP contribution is -1.79. The summed E-state index contributed by atoms with van der Waals surface area (Å²) in [7, 11) is 0. The summed E-state index contributed by atoms with van der Waals surface area (Å²) in [4.78, 5) is 0. The minimum absolute atomic E-state index is 0.986. The molecule has 0 saturated carbocycles. The average molecular weight is 964 g/mol. The highest BCUT2D eigenvalue weighted by Gasteiger charge is 2.11. The zero-order valence-corrected chi connectivity index (χ0v) is 28.7. The number of rotatable bonds is 4. The van der Waals surface area contributed by atoms with Crippen molar-refractivity contribution in [1.29, 1.82) is 5.11 Å². The Bertz CT molecular complexity index is 1330. The summed E-state index contributed by atoms with van der Waals surface area (Å²) < 4.78 is 42.8. The second-order valence-corrected chi connectivity index (χ2v) is 19.5. The zero-order chi connectivity index (χ0) is 22.9. The van der Waals surface area contributed by atoms with Gasteiger partial charge in [0.2, 0.25) is 0 Å². The first-order valence-electron chi connectivity index (χ1n) is 9.30. The first-order chi connectivity index (χ1) is 15.2. The van der Waals surface area contributed by atoms with Gasteiger partial charge in [-0.2, -0.15) is 0 Å². The molecule has 4 aromatic heterocycles. The largest absolute Gasteiger partial charge is 0.133 e. The van der Waals surface area contributed by atoms with Gasteiger partial charge >= 0.3 is 0 Å².